The van der Waals surface area contributed by atoms with Gasteiger partial charge < -0.3 is 9.30 Å². The van der Waals surface area contributed by atoms with Crippen LogP contribution in [0.4, 0.5) is 0 Å². The van der Waals surface area contributed by atoms with Gasteiger partial charge in [-0.05, 0) is 30.5 Å². The molecule has 4 nitrogen and oxygen atoms in total. The lowest BCUT2D eigenvalue weighted by Crippen LogP contribution is -2.06. The first-order chi connectivity index (χ1) is 12.6. The van der Waals surface area contributed by atoms with Gasteiger partial charge in [-0.25, -0.2) is 0 Å². The van der Waals surface area contributed by atoms with Gasteiger partial charge in [0.2, 0.25) is 0 Å². The van der Waals surface area contributed by atoms with Crippen LogP contribution in [0.5, 0.6) is 5.75 Å². The Morgan fingerprint density at radius 3 is 2.58 bits per heavy atom. The molecule has 1 unspecified atom stereocenters. The van der Waals surface area contributed by atoms with Crippen molar-refractivity contribution in [1.29, 1.82) is 0 Å². The molecule has 3 aromatic rings. The van der Waals surface area contributed by atoms with Crippen molar-refractivity contribution in [2.24, 2.45) is 7.05 Å². The average molecular weight is 388 g/mol. The second-order valence-electron chi connectivity index (χ2n) is 6.13. The number of nitrogens with zero attached hydrogens (tertiary/aromatic N) is 3. The Hall–Kier alpha value is -1.98. The van der Waals surface area contributed by atoms with Crippen LogP contribution in [0, 0.1) is 0 Å². The fourth-order valence-electron chi connectivity index (χ4n) is 2.53. The van der Waals surface area contributed by atoms with Gasteiger partial charge in [-0.1, -0.05) is 72.8 Å². The molecule has 1 atom stereocenters. The predicted molar refractivity (Wildman–Crippen MR) is 107 cm³/mol. The van der Waals surface area contributed by atoms with Gasteiger partial charge in [-0.3, -0.25) is 0 Å². The topological polar surface area (TPSA) is 39.9 Å². The highest BCUT2D eigenvalue weighted by molar-refractivity contribution is 7.99. The summed E-state index contributed by atoms with van der Waals surface area (Å²) in [5.41, 5.74) is 1.37. The Labute approximate surface area is 163 Å². The Morgan fingerprint density at radius 1 is 1.08 bits per heavy atom. The van der Waals surface area contributed by atoms with Gasteiger partial charge in [0.1, 0.15) is 12.4 Å². The third-order valence-corrected chi connectivity index (χ3v) is 5.62. The van der Waals surface area contributed by atoms with Crippen molar-refractivity contribution in [3.8, 4) is 5.75 Å². The summed E-state index contributed by atoms with van der Waals surface area (Å²) in [5, 5.41) is 10.5. The SMILES string of the molecule is CC(CCc1ccccc1)Sc1nnc(COc2ccccc2Cl)n1C. The van der Waals surface area contributed by atoms with E-state index in [2.05, 4.69) is 41.4 Å². The molecular formula is C20H22ClN3OS. The minimum absolute atomic E-state index is 0.339. The van der Waals surface area contributed by atoms with E-state index in [-0.39, 0.29) is 0 Å². The van der Waals surface area contributed by atoms with E-state index < -0.39 is 0 Å². The van der Waals surface area contributed by atoms with Gasteiger partial charge in [0.25, 0.3) is 0 Å². The molecule has 136 valence electrons. The van der Waals surface area contributed by atoms with Crippen molar-refractivity contribution in [3.63, 3.8) is 0 Å². The Bertz CT molecular complexity index is 838. The van der Waals surface area contributed by atoms with Gasteiger partial charge in [0, 0.05) is 12.3 Å². The van der Waals surface area contributed by atoms with E-state index in [9.17, 15) is 0 Å². The number of aryl methyl sites for hydroxylation is 1. The summed E-state index contributed by atoms with van der Waals surface area (Å²) in [6, 6.07) is 18.0. The highest BCUT2D eigenvalue weighted by Crippen LogP contribution is 2.26. The van der Waals surface area contributed by atoms with Crippen molar-refractivity contribution >= 4 is 23.4 Å². The maximum Gasteiger partial charge on any atom is 0.191 e. The molecule has 0 saturated carbocycles. The number of halogens is 1. The molecule has 0 aliphatic heterocycles. The normalized spacial score (nSPS) is 12.1. The van der Waals surface area contributed by atoms with Crippen LogP contribution in [-0.4, -0.2) is 20.0 Å². The molecular weight excluding hydrogens is 366 g/mol. The number of benzene rings is 2. The number of hydrogen-bond donors (Lipinski definition) is 0. The zero-order valence-electron chi connectivity index (χ0n) is 14.9. The van der Waals surface area contributed by atoms with E-state index in [1.165, 1.54) is 5.56 Å². The van der Waals surface area contributed by atoms with E-state index in [4.69, 9.17) is 16.3 Å². The molecule has 26 heavy (non-hydrogen) atoms. The van der Waals surface area contributed by atoms with Gasteiger partial charge in [0.15, 0.2) is 11.0 Å². The summed E-state index contributed by atoms with van der Waals surface area (Å²) in [7, 11) is 1.97. The molecule has 6 heteroatoms. The van der Waals surface area contributed by atoms with E-state index in [0.29, 0.717) is 22.6 Å². The van der Waals surface area contributed by atoms with Crippen molar-refractivity contribution in [1.82, 2.24) is 14.8 Å². The molecule has 0 amide bonds. The quantitative estimate of drug-likeness (QED) is 0.500. The van der Waals surface area contributed by atoms with E-state index in [1.807, 2.05) is 41.9 Å². The fraction of sp³-hybridized carbons (Fsp3) is 0.300. The number of aromatic nitrogens is 3. The molecule has 3 rings (SSSR count). The average Bonchev–Trinajstić information content (AvgIpc) is 3.00. The minimum Gasteiger partial charge on any atom is -0.484 e. The van der Waals surface area contributed by atoms with Crippen molar-refractivity contribution in [2.45, 2.75) is 36.8 Å². The summed E-state index contributed by atoms with van der Waals surface area (Å²) in [6.07, 6.45) is 2.16. The monoisotopic (exact) mass is 387 g/mol. The number of para-hydroxylation sites is 1. The maximum atomic E-state index is 6.12. The first-order valence-corrected chi connectivity index (χ1v) is 9.85. The van der Waals surface area contributed by atoms with Crippen LogP contribution in [0.3, 0.4) is 0 Å². The van der Waals surface area contributed by atoms with E-state index in [0.717, 1.165) is 23.8 Å². The molecule has 2 aromatic carbocycles. The molecule has 0 radical (unpaired) electrons. The summed E-state index contributed by atoms with van der Waals surface area (Å²) < 4.78 is 7.75. The highest BCUT2D eigenvalue weighted by Gasteiger charge is 2.14. The lowest BCUT2D eigenvalue weighted by molar-refractivity contribution is 0.290. The molecule has 1 aromatic heterocycles. The molecule has 0 fully saturated rings. The van der Waals surface area contributed by atoms with Gasteiger partial charge in [-0.15, -0.1) is 10.2 Å². The standard InChI is InChI=1S/C20H22ClN3OS/c1-15(12-13-16-8-4-3-5-9-16)26-20-23-22-19(24(20)2)14-25-18-11-7-6-10-17(18)21/h3-11,15H,12-14H2,1-2H3. The van der Waals surface area contributed by atoms with Crippen molar-refractivity contribution in [2.75, 3.05) is 0 Å². The van der Waals surface area contributed by atoms with Crippen molar-refractivity contribution in [3.05, 3.63) is 71.0 Å². The fourth-order valence-corrected chi connectivity index (χ4v) is 3.67. The lowest BCUT2D eigenvalue weighted by atomic mass is 10.1. The number of ether oxygens (including phenoxy) is 1. The summed E-state index contributed by atoms with van der Waals surface area (Å²) in [6.45, 7) is 2.56. The minimum atomic E-state index is 0.339. The largest absolute Gasteiger partial charge is 0.484 e. The highest BCUT2D eigenvalue weighted by atomic mass is 35.5. The van der Waals surface area contributed by atoms with Crippen LogP contribution in [0.25, 0.3) is 0 Å². The first kappa shape index (κ1) is 18.8. The zero-order valence-corrected chi connectivity index (χ0v) is 16.5. The summed E-state index contributed by atoms with van der Waals surface area (Å²) >= 11 is 7.86. The first-order valence-electron chi connectivity index (χ1n) is 8.59. The van der Waals surface area contributed by atoms with Crippen LogP contribution in [0.2, 0.25) is 5.02 Å². The third-order valence-electron chi connectivity index (χ3n) is 4.11. The summed E-state index contributed by atoms with van der Waals surface area (Å²) in [4.78, 5) is 0. The molecule has 0 aliphatic carbocycles. The number of hydrogen-bond acceptors (Lipinski definition) is 4. The zero-order chi connectivity index (χ0) is 18.4. The molecule has 0 spiro atoms. The Kier molecular flexibility index (Phi) is 6.58. The van der Waals surface area contributed by atoms with Crippen LogP contribution < -0.4 is 4.74 Å². The molecule has 0 bridgehead atoms. The second kappa shape index (κ2) is 9.10. The Balaban J connectivity index is 1.54. The van der Waals surface area contributed by atoms with Crippen LogP contribution >= 0.6 is 23.4 Å². The predicted octanol–water partition coefficient (Wildman–Crippen LogP) is 5.16. The third kappa shape index (κ3) is 5.02. The smallest absolute Gasteiger partial charge is 0.191 e. The number of thioether (sulfide) groups is 1. The van der Waals surface area contributed by atoms with Crippen molar-refractivity contribution < 1.29 is 4.74 Å². The second-order valence-corrected chi connectivity index (χ2v) is 7.94. The molecule has 0 aliphatic rings. The van der Waals surface area contributed by atoms with E-state index >= 15 is 0 Å². The molecule has 0 saturated heterocycles. The number of rotatable bonds is 8. The Morgan fingerprint density at radius 2 is 1.81 bits per heavy atom. The van der Waals surface area contributed by atoms with Crippen LogP contribution in [0.15, 0.2) is 59.8 Å². The van der Waals surface area contributed by atoms with Crippen LogP contribution in [0.1, 0.15) is 24.7 Å². The summed E-state index contributed by atoms with van der Waals surface area (Å²) in [5.74, 6) is 1.44. The maximum absolute atomic E-state index is 6.12. The molecule has 0 N–H and O–H groups in total. The van der Waals surface area contributed by atoms with E-state index in [1.54, 1.807) is 11.8 Å². The molecule has 1 heterocycles. The van der Waals surface area contributed by atoms with Gasteiger partial charge in [-0.2, -0.15) is 0 Å². The lowest BCUT2D eigenvalue weighted by Gasteiger charge is -2.11. The van der Waals surface area contributed by atoms with Gasteiger partial charge in [0.05, 0.1) is 5.02 Å². The van der Waals surface area contributed by atoms with Crippen LogP contribution in [-0.2, 0) is 20.1 Å². The van der Waals surface area contributed by atoms with Gasteiger partial charge >= 0.3 is 0 Å².